The molecule has 190 valence electrons. The maximum absolute atomic E-state index is 14.4. The van der Waals surface area contributed by atoms with E-state index in [1.165, 1.54) is 17.4 Å². The molecule has 3 rings (SSSR count). The highest BCUT2D eigenvalue weighted by molar-refractivity contribution is 9.10. The molecule has 0 radical (unpaired) electrons. The standard InChI is InChI=1S/C28H36BrFN2O3/c1-19(27(34)31-22-11-6-5-7-12-22)32(17-20-10-8-9-13-24(20)30)26(33)18-35-25-15-14-21(16-23(25)29)28(2,3)4/h8-10,13-16,19,22H,5-7,11-12,17-18H2,1-4H3,(H,31,34). The lowest BCUT2D eigenvalue weighted by Gasteiger charge is -2.31. The zero-order chi connectivity index (χ0) is 25.6. The quantitative estimate of drug-likeness (QED) is 0.433. The van der Waals surface area contributed by atoms with Gasteiger partial charge in [-0.25, -0.2) is 4.39 Å². The Morgan fingerprint density at radius 3 is 2.46 bits per heavy atom. The highest BCUT2D eigenvalue weighted by Crippen LogP contribution is 2.31. The second-order valence-electron chi connectivity index (χ2n) is 10.3. The molecule has 0 aliphatic heterocycles. The van der Waals surface area contributed by atoms with Crippen LogP contribution in [0.1, 0.15) is 70.9 Å². The molecule has 0 heterocycles. The first-order chi connectivity index (χ1) is 16.6. The van der Waals surface area contributed by atoms with Crippen molar-refractivity contribution in [1.82, 2.24) is 10.2 Å². The normalized spacial score (nSPS) is 15.4. The number of hydrogen-bond acceptors (Lipinski definition) is 3. The van der Waals surface area contributed by atoms with Gasteiger partial charge in [-0.05, 0) is 64.9 Å². The molecule has 7 heteroatoms. The van der Waals surface area contributed by atoms with Crippen molar-refractivity contribution < 1.29 is 18.7 Å². The molecule has 1 N–H and O–H groups in total. The van der Waals surface area contributed by atoms with Gasteiger partial charge in [0.2, 0.25) is 5.91 Å². The third kappa shape index (κ3) is 7.53. The van der Waals surface area contributed by atoms with Gasteiger partial charge in [0.1, 0.15) is 17.6 Å². The summed E-state index contributed by atoms with van der Waals surface area (Å²) < 4.78 is 21.0. The summed E-state index contributed by atoms with van der Waals surface area (Å²) in [5, 5.41) is 3.08. The third-order valence-corrected chi connectivity index (χ3v) is 7.19. The molecule has 0 aromatic heterocycles. The van der Waals surface area contributed by atoms with Crippen LogP contribution < -0.4 is 10.1 Å². The Bertz CT molecular complexity index is 1030. The van der Waals surface area contributed by atoms with Crippen LogP contribution in [0.5, 0.6) is 5.75 Å². The highest BCUT2D eigenvalue weighted by Gasteiger charge is 2.29. The molecule has 0 bridgehead atoms. The fourth-order valence-electron chi connectivity index (χ4n) is 4.27. The van der Waals surface area contributed by atoms with Crippen molar-refractivity contribution in [2.75, 3.05) is 6.61 Å². The number of rotatable bonds is 8. The molecule has 2 amide bonds. The summed E-state index contributed by atoms with van der Waals surface area (Å²) >= 11 is 3.53. The minimum absolute atomic E-state index is 0.0156. The first-order valence-corrected chi connectivity index (χ1v) is 13.1. The van der Waals surface area contributed by atoms with Crippen LogP contribution in [0.25, 0.3) is 0 Å². The van der Waals surface area contributed by atoms with Crippen LogP contribution in [0.3, 0.4) is 0 Å². The second kappa shape index (κ2) is 12.0. The Kier molecular flexibility index (Phi) is 9.34. The van der Waals surface area contributed by atoms with Gasteiger partial charge in [-0.3, -0.25) is 9.59 Å². The van der Waals surface area contributed by atoms with Crippen LogP contribution >= 0.6 is 15.9 Å². The third-order valence-electron chi connectivity index (χ3n) is 6.57. The van der Waals surface area contributed by atoms with Gasteiger partial charge < -0.3 is 15.0 Å². The first-order valence-electron chi connectivity index (χ1n) is 12.3. The van der Waals surface area contributed by atoms with Gasteiger partial charge in [-0.2, -0.15) is 0 Å². The smallest absolute Gasteiger partial charge is 0.261 e. The fourth-order valence-corrected chi connectivity index (χ4v) is 4.76. The van der Waals surface area contributed by atoms with Crippen molar-refractivity contribution in [2.24, 2.45) is 0 Å². The van der Waals surface area contributed by atoms with E-state index in [4.69, 9.17) is 4.74 Å². The Hall–Kier alpha value is -2.41. The van der Waals surface area contributed by atoms with Gasteiger partial charge in [0.25, 0.3) is 5.91 Å². The summed E-state index contributed by atoms with van der Waals surface area (Å²) in [4.78, 5) is 27.7. The number of benzene rings is 2. The minimum Gasteiger partial charge on any atom is -0.483 e. The predicted molar refractivity (Wildman–Crippen MR) is 140 cm³/mol. The number of nitrogens with zero attached hydrogens (tertiary/aromatic N) is 1. The van der Waals surface area contributed by atoms with E-state index in [1.807, 2.05) is 18.2 Å². The van der Waals surface area contributed by atoms with E-state index in [2.05, 4.69) is 42.0 Å². The molecule has 0 saturated heterocycles. The Balaban J connectivity index is 1.74. The molecule has 1 saturated carbocycles. The lowest BCUT2D eigenvalue weighted by molar-refractivity contribution is -0.142. The largest absolute Gasteiger partial charge is 0.483 e. The Morgan fingerprint density at radius 2 is 1.83 bits per heavy atom. The van der Waals surface area contributed by atoms with Crippen LogP contribution in [0, 0.1) is 5.82 Å². The van der Waals surface area contributed by atoms with E-state index in [0.29, 0.717) is 11.3 Å². The van der Waals surface area contributed by atoms with Crippen LogP contribution in [-0.2, 0) is 21.5 Å². The average molecular weight is 548 g/mol. The van der Waals surface area contributed by atoms with E-state index in [-0.39, 0.29) is 36.4 Å². The Morgan fingerprint density at radius 1 is 1.14 bits per heavy atom. The van der Waals surface area contributed by atoms with Crippen LogP contribution in [0.4, 0.5) is 4.39 Å². The van der Waals surface area contributed by atoms with E-state index in [1.54, 1.807) is 25.1 Å². The number of nitrogens with one attached hydrogen (secondary N) is 1. The van der Waals surface area contributed by atoms with E-state index in [9.17, 15) is 14.0 Å². The zero-order valence-electron chi connectivity index (χ0n) is 21.1. The monoisotopic (exact) mass is 546 g/mol. The van der Waals surface area contributed by atoms with Crippen molar-refractivity contribution in [2.45, 2.75) is 83.8 Å². The van der Waals surface area contributed by atoms with Crippen LogP contribution in [0.15, 0.2) is 46.9 Å². The molecule has 2 aromatic carbocycles. The van der Waals surface area contributed by atoms with E-state index >= 15 is 0 Å². The molecular weight excluding hydrogens is 511 g/mol. The van der Waals surface area contributed by atoms with Gasteiger partial charge in [-0.1, -0.05) is 64.3 Å². The highest BCUT2D eigenvalue weighted by atomic mass is 79.9. The summed E-state index contributed by atoms with van der Waals surface area (Å²) in [7, 11) is 0. The topological polar surface area (TPSA) is 58.6 Å². The van der Waals surface area contributed by atoms with Crippen LogP contribution in [0.2, 0.25) is 0 Å². The summed E-state index contributed by atoms with van der Waals surface area (Å²) in [6.45, 7) is 7.78. The maximum Gasteiger partial charge on any atom is 0.261 e. The van der Waals surface area contributed by atoms with Gasteiger partial charge in [0.15, 0.2) is 6.61 Å². The van der Waals surface area contributed by atoms with E-state index in [0.717, 1.165) is 35.7 Å². The molecule has 5 nitrogen and oxygen atoms in total. The molecule has 35 heavy (non-hydrogen) atoms. The molecule has 1 unspecified atom stereocenters. The van der Waals surface area contributed by atoms with Gasteiger partial charge in [0, 0.05) is 18.2 Å². The lowest BCUT2D eigenvalue weighted by Crippen LogP contribution is -2.51. The van der Waals surface area contributed by atoms with Crippen molar-refractivity contribution in [3.63, 3.8) is 0 Å². The summed E-state index contributed by atoms with van der Waals surface area (Å²) in [6, 6.07) is 11.5. The van der Waals surface area contributed by atoms with Gasteiger partial charge >= 0.3 is 0 Å². The van der Waals surface area contributed by atoms with Crippen molar-refractivity contribution in [3.05, 3.63) is 63.9 Å². The predicted octanol–water partition coefficient (Wildman–Crippen LogP) is 6.13. The summed E-state index contributed by atoms with van der Waals surface area (Å²) in [6.07, 6.45) is 5.26. The maximum atomic E-state index is 14.4. The van der Waals surface area contributed by atoms with Gasteiger partial charge in [0.05, 0.1) is 4.47 Å². The second-order valence-corrected chi connectivity index (χ2v) is 11.2. The molecule has 0 spiro atoms. The summed E-state index contributed by atoms with van der Waals surface area (Å²) in [5.41, 5.74) is 1.47. The number of hydrogen-bond donors (Lipinski definition) is 1. The number of carbonyl (C=O) groups is 2. The molecule has 2 aromatic rings. The average Bonchev–Trinajstić information content (AvgIpc) is 2.82. The number of halogens is 2. The number of carbonyl (C=O) groups excluding carboxylic acids is 2. The van der Waals surface area contributed by atoms with Crippen molar-refractivity contribution >= 4 is 27.7 Å². The lowest BCUT2D eigenvalue weighted by atomic mass is 9.87. The SMILES string of the molecule is CC(C(=O)NC1CCCCC1)N(Cc1ccccc1F)C(=O)COc1ccc(C(C)(C)C)cc1Br. The first kappa shape index (κ1) is 27.2. The molecule has 1 aliphatic carbocycles. The molecule has 1 atom stereocenters. The van der Waals surface area contributed by atoms with Crippen molar-refractivity contribution in [1.29, 1.82) is 0 Å². The summed E-state index contributed by atoms with van der Waals surface area (Å²) in [5.74, 6) is -0.480. The Labute approximate surface area is 216 Å². The number of amides is 2. The van der Waals surface area contributed by atoms with Crippen molar-refractivity contribution in [3.8, 4) is 5.75 Å². The van der Waals surface area contributed by atoms with E-state index < -0.39 is 11.9 Å². The number of ether oxygens (including phenoxy) is 1. The zero-order valence-corrected chi connectivity index (χ0v) is 22.7. The van der Waals surface area contributed by atoms with Gasteiger partial charge in [-0.15, -0.1) is 0 Å². The van der Waals surface area contributed by atoms with Crippen LogP contribution in [-0.4, -0.2) is 35.4 Å². The molecule has 1 fully saturated rings. The fraction of sp³-hybridized carbons (Fsp3) is 0.500. The molecule has 1 aliphatic rings. The molecular formula is C28H36BrFN2O3. The minimum atomic E-state index is -0.765.